The number of likely N-dealkylation sites (tertiary alicyclic amines) is 1. The summed E-state index contributed by atoms with van der Waals surface area (Å²) in [6.45, 7) is 5.26. The Bertz CT molecular complexity index is 524. The van der Waals surface area contributed by atoms with Gasteiger partial charge in [-0.05, 0) is 24.5 Å². The summed E-state index contributed by atoms with van der Waals surface area (Å²) in [6.07, 6.45) is 1.65. The first-order valence-electron chi connectivity index (χ1n) is 7.93. The molecule has 1 aliphatic rings. The first-order chi connectivity index (χ1) is 10.5. The number of nitrogens with two attached hydrogens (primary N) is 1. The van der Waals surface area contributed by atoms with Crippen LogP contribution in [0.1, 0.15) is 37.0 Å². The summed E-state index contributed by atoms with van der Waals surface area (Å²) in [5, 5.41) is 2.90. The van der Waals surface area contributed by atoms with Crippen molar-refractivity contribution in [2.24, 2.45) is 11.7 Å². The number of carbonyl (C=O) groups is 2. The van der Waals surface area contributed by atoms with Crippen molar-refractivity contribution in [2.45, 2.75) is 38.8 Å². The van der Waals surface area contributed by atoms with Crippen LogP contribution in [0.2, 0.25) is 0 Å². The summed E-state index contributed by atoms with van der Waals surface area (Å²) in [5.41, 5.74) is 6.45. The molecule has 1 aromatic carbocycles. The van der Waals surface area contributed by atoms with Crippen LogP contribution in [0, 0.1) is 5.92 Å². The van der Waals surface area contributed by atoms with Crippen molar-refractivity contribution in [3.05, 3.63) is 35.9 Å². The van der Waals surface area contributed by atoms with Crippen LogP contribution in [0.5, 0.6) is 0 Å². The van der Waals surface area contributed by atoms with E-state index in [9.17, 15) is 9.59 Å². The molecule has 0 bridgehead atoms. The number of carbonyl (C=O) groups excluding carboxylic acids is 2. The summed E-state index contributed by atoms with van der Waals surface area (Å²) >= 11 is 0. The van der Waals surface area contributed by atoms with Crippen LogP contribution in [-0.4, -0.2) is 41.9 Å². The summed E-state index contributed by atoms with van der Waals surface area (Å²) in [7, 11) is 0. The molecule has 3 atom stereocenters. The highest BCUT2D eigenvalue weighted by Gasteiger charge is 2.33. The highest BCUT2D eigenvalue weighted by Crippen LogP contribution is 2.16. The maximum Gasteiger partial charge on any atom is 0.251 e. The van der Waals surface area contributed by atoms with Gasteiger partial charge in [-0.1, -0.05) is 38.5 Å². The molecule has 1 fully saturated rings. The number of hydrogen-bond acceptors (Lipinski definition) is 3. The Morgan fingerprint density at radius 1 is 1.35 bits per heavy atom. The Morgan fingerprint density at radius 3 is 2.52 bits per heavy atom. The molecule has 1 saturated heterocycles. The van der Waals surface area contributed by atoms with E-state index < -0.39 is 6.04 Å². The number of amides is 2. The third kappa shape index (κ3) is 4.94. The van der Waals surface area contributed by atoms with Crippen LogP contribution in [0.3, 0.4) is 0 Å². The molecular weight excluding hydrogens is 314 g/mol. The molecule has 2 rings (SSSR count). The van der Waals surface area contributed by atoms with Gasteiger partial charge in [-0.3, -0.25) is 9.59 Å². The van der Waals surface area contributed by atoms with E-state index >= 15 is 0 Å². The lowest BCUT2D eigenvalue weighted by Crippen LogP contribution is -2.51. The van der Waals surface area contributed by atoms with Crippen molar-refractivity contribution in [3.63, 3.8) is 0 Å². The molecule has 0 saturated carbocycles. The summed E-state index contributed by atoms with van der Waals surface area (Å²) in [5.74, 6) is -0.147. The van der Waals surface area contributed by atoms with Gasteiger partial charge in [0, 0.05) is 24.7 Å². The van der Waals surface area contributed by atoms with Gasteiger partial charge in [-0.15, -0.1) is 12.4 Å². The highest BCUT2D eigenvalue weighted by atomic mass is 35.5. The minimum atomic E-state index is -0.497. The molecule has 23 heavy (non-hydrogen) atoms. The monoisotopic (exact) mass is 339 g/mol. The largest absolute Gasteiger partial charge is 0.340 e. The molecule has 5 nitrogen and oxygen atoms in total. The van der Waals surface area contributed by atoms with E-state index in [0.29, 0.717) is 18.7 Å². The van der Waals surface area contributed by atoms with Crippen LogP contribution >= 0.6 is 12.4 Å². The van der Waals surface area contributed by atoms with Crippen LogP contribution in [-0.2, 0) is 4.79 Å². The van der Waals surface area contributed by atoms with Gasteiger partial charge in [0.2, 0.25) is 5.91 Å². The fourth-order valence-electron chi connectivity index (χ4n) is 2.68. The zero-order valence-corrected chi connectivity index (χ0v) is 14.5. The van der Waals surface area contributed by atoms with Gasteiger partial charge in [-0.2, -0.15) is 0 Å². The van der Waals surface area contributed by atoms with Crippen molar-refractivity contribution >= 4 is 24.2 Å². The maximum atomic E-state index is 12.7. The van der Waals surface area contributed by atoms with Gasteiger partial charge in [0.15, 0.2) is 0 Å². The molecule has 1 aliphatic heterocycles. The first-order valence-corrected chi connectivity index (χ1v) is 7.93. The summed E-state index contributed by atoms with van der Waals surface area (Å²) in [4.78, 5) is 26.8. The van der Waals surface area contributed by atoms with Gasteiger partial charge in [0.25, 0.3) is 5.91 Å². The number of hydrogen-bond donors (Lipinski definition) is 2. The third-order valence-electron chi connectivity index (χ3n) is 4.34. The number of rotatable bonds is 5. The molecular formula is C17H26ClN3O2. The Balaban J connectivity index is 0.00000264. The molecule has 1 aromatic rings. The predicted octanol–water partition coefficient (Wildman–Crippen LogP) is 1.81. The molecule has 0 spiro atoms. The van der Waals surface area contributed by atoms with Crippen molar-refractivity contribution in [1.29, 1.82) is 0 Å². The second kappa shape index (κ2) is 8.89. The standard InChI is InChI=1S/C17H25N3O2.ClH/c1-3-12(2)15(17(22)20-10-9-14(18)11-20)19-16(21)13-7-5-4-6-8-13;/h4-8,12,14-15H,3,9-11,18H2,1-2H3,(H,19,21);1H/t12?,14-,15?;/m1./s1. The summed E-state index contributed by atoms with van der Waals surface area (Å²) in [6, 6.07) is 8.54. The van der Waals surface area contributed by atoms with E-state index in [2.05, 4.69) is 5.32 Å². The Morgan fingerprint density at radius 2 is 2.00 bits per heavy atom. The minimum absolute atomic E-state index is 0. The first kappa shape index (κ1) is 19.5. The lowest BCUT2D eigenvalue weighted by molar-refractivity contribution is -0.133. The number of benzene rings is 1. The van der Waals surface area contributed by atoms with Crippen LogP contribution in [0.25, 0.3) is 0 Å². The van der Waals surface area contributed by atoms with Crippen LogP contribution < -0.4 is 11.1 Å². The van der Waals surface area contributed by atoms with E-state index in [1.165, 1.54) is 0 Å². The van der Waals surface area contributed by atoms with E-state index in [1.54, 1.807) is 17.0 Å². The summed E-state index contributed by atoms with van der Waals surface area (Å²) < 4.78 is 0. The fraction of sp³-hybridized carbons (Fsp3) is 0.529. The average molecular weight is 340 g/mol. The van der Waals surface area contributed by atoms with E-state index in [1.807, 2.05) is 32.0 Å². The van der Waals surface area contributed by atoms with Gasteiger partial charge >= 0.3 is 0 Å². The second-order valence-corrected chi connectivity index (χ2v) is 6.04. The van der Waals surface area contributed by atoms with E-state index in [4.69, 9.17) is 5.73 Å². The normalized spacial score (nSPS) is 19.6. The molecule has 1 heterocycles. The topological polar surface area (TPSA) is 75.4 Å². The number of nitrogens with zero attached hydrogens (tertiary/aromatic N) is 1. The Kier molecular flexibility index (Phi) is 7.52. The molecule has 0 aromatic heterocycles. The second-order valence-electron chi connectivity index (χ2n) is 6.04. The van der Waals surface area contributed by atoms with Crippen molar-refractivity contribution in [3.8, 4) is 0 Å². The zero-order valence-electron chi connectivity index (χ0n) is 13.7. The fourth-order valence-corrected chi connectivity index (χ4v) is 2.68. The zero-order chi connectivity index (χ0) is 16.1. The molecule has 2 amide bonds. The van der Waals surface area contributed by atoms with Crippen molar-refractivity contribution < 1.29 is 9.59 Å². The van der Waals surface area contributed by atoms with Gasteiger partial charge in [-0.25, -0.2) is 0 Å². The lowest BCUT2D eigenvalue weighted by atomic mass is 9.97. The van der Waals surface area contributed by atoms with Crippen LogP contribution in [0.4, 0.5) is 0 Å². The van der Waals surface area contributed by atoms with Crippen molar-refractivity contribution in [2.75, 3.05) is 13.1 Å². The van der Waals surface area contributed by atoms with E-state index in [-0.39, 0.29) is 36.2 Å². The van der Waals surface area contributed by atoms with Gasteiger partial charge in [0.1, 0.15) is 6.04 Å². The van der Waals surface area contributed by atoms with E-state index in [0.717, 1.165) is 12.8 Å². The third-order valence-corrected chi connectivity index (χ3v) is 4.34. The predicted molar refractivity (Wildman–Crippen MR) is 93.6 cm³/mol. The molecule has 3 N–H and O–H groups in total. The molecule has 128 valence electrons. The van der Waals surface area contributed by atoms with Crippen molar-refractivity contribution in [1.82, 2.24) is 10.2 Å². The number of nitrogens with one attached hydrogen (secondary N) is 1. The number of halogens is 1. The molecule has 6 heteroatoms. The van der Waals surface area contributed by atoms with Gasteiger partial charge < -0.3 is 16.0 Å². The molecule has 2 unspecified atom stereocenters. The van der Waals surface area contributed by atoms with Crippen LogP contribution in [0.15, 0.2) is 30.3 Å². The van der Waals surface area contributed by atoms with Gasteiger partial charge in [0.05, 0.1) is 0 Å². The highest BCUT2D eigenvalue weighted by molar-refractivity contribution is 5.97. The SMILES string of the molecule is CCC(C)C(NC(=O)c1ccccc1)C(=O)N1CC[C@@H](N)C1.Cl. The average Bonchev–Trinajstić information content (AvgIpc) is 2.98. The Labute approximate surface area is 144 Å². The Hall–Kier alpha value is -1.59. The minimum Gasteiger partial charge on any atom is -0.340 e. The molecule has 0 aliphatic carbocycles. The molecule has 0 radical (unpaired) electrons. The smallest absolute Gasteiger partial charge is 0.251 e. The quantitative estimate of drug-likeness (QED) is 0.859. The lowest BCUT2D eigenvalue weighted by Gasteiger charge is -2.28. The maximum absolute atomic E-state index is 12.7.